The van der Waals surface area contributed by atoms with Crippen LogP contribution in [0.4, 0.5) is 0 Å². The standard InChI is InChI=1S/C27H46O.C7H7ClO2S/c1-18(2)7-6-8-19(3)23-11-12-24-22-10-9-20-17-21(28)13-15-26(20,4)25(22)14-16-27(23,24)5;1-6-2-4-7(5-3-6)11(8,9)10/h9,18-19,21-25,28H,6-8,10-17H2,1-5H3;2-5H,1H3/t19?,21-,22-,23+,24-,25-,26-,27+;/m0./s1. The van der Waals surface area contributed by atoms with Gasteiger partial charge in [-0.15, -0.1) is 0 Å². The molecule has 0 bridgehead atoms. The largest absolute Gasteiger partial charge is 0.393 e. The minimum atomic E-state index is -3.55. The number of hydrogen-bond donors (Lipinski definition) is 1. The highest BCUT2D eigenvalue weighted by Crippen LogP contribution is 2.67. The molecule has 0 radical (unpaired) electrons. The Morgan fingerprint density at radius 1 is 0.974 bits per heavy atom. The van der Waals surface area contributed by atoms with Gasteiger partial charge in [-0.25, -0.2) is 8.42 Å². The number of rotatable bonds is 6. The Labute approximate surface area is 243 Å². The van der Waals surface area contributed by atoms with E-state index in [0.29, 0.717) is 10.8 Å². The van der Waals surface area contributed by atoms with Crippen LogP contribution in [0.25, 0.3) is 0 Å². The molecule has 1 unspecified atom stereocenters. The lowest BCUT2D eigenvalue weighted by Gasteiger charge is -2.58. The van der Waals surface area contributed by atoms with Crippen molar-refractivity contribution >= 4 is 19.7 Å². The van der Waals surface area contributed by atoms with Crippen molar-refractivity contribution in [1.82, 2.24) is 0 Å². The smallest absolute Gasteiger partial charge is 0.261 e. The first-order valence-electron chi connectivity index (χ1n) is 15.6. The Hall–Kier alpha value is -0.840. The Bertz CT molecular complexity index is 1110. The Morgan fingerprint density at radius 3 is 2.31 bits per heavy atom. The van der Waals surface area contributed by atoms with Crippen molar-refractivity contribution in [3.8, 4) is 0 Å². The fourth-order valence-electron chi connectivity index (χ4n) is 9.37. The van der Waals surface area contributed by atoms with E-state index in [9.17, 15) is 13.5 Å². The monoisotopic (exact) mass is 576 g/mol. The molecule has 0 saturated heterocycles. The number of allylic oxidation sites excluding steroid dienone is 1. The van der Waals surface area contributed by atoms with Crippen LogP contribution in [-0.4, -0.2) is 19.6 Å². The normalized spacial score (nSPS) is 36.6. The topological polar surface area (TPSA) is 54.4 Å². The maximum Gasteiger partial charge on any atom is 0.261 e. The van der Waals surface area contributed by atoms with E-state index in [0.717, 1.165) is 53.9 Å². The van der Waals surface area contributed by atoms with Gasteiger partial charge in [-0.1, -0.05) is 83.2 Å². The number of aliphatic hydroxyl groups is 1. The summed E-state index contributed by atoms with van der Waals surface area (Å²) in [6, 6.07) is 6.37. The lowest BCUT2D eigenvalue weighted by molar-refractivity contribution is -0.0573. The molecule has 3 nitrogen and oxygen atoms in total. The summed E-state index contributed by atoms with van der Waals surface area (Å²) in [5.41, 5.74) is 3.61. The fraction of sp³-hybridized carbons (Fsp3) is 0.765. The van der Waals surface area contributed by atoms with Crippen LogP contribution in [0, 0.1) is 53.3 Å². The highest BCUT2D eigenvalue weighted by molar-refractivity contribution is 8.13. The summed E-state index contributed by atoms with van der Waals surface area (Å²) >= 11 is 0. The van der Waals surface area contributed by atoms with Crippen molar-refractivity contribution in [2.24, 2.45) is 46.3 Å². The van der Waals surface area contributed by atoms with Gasteiger partial charge in [0, 0.05) is 10.7 Å². The first-order valence-corrected chi connectivity index (χ1v) is 18.0. The zero-order valence-electron chi connectivity index (χ0n) is 25.3. The molecule has 0 aromatic heterocycles. The second kappa shape index (κ2) is 12.2. The van der Waals surface area contributed by atoms with Gasteiger partial charge in [0.15, 0.2) is 0 Å². The van der Waals surface area contributed by atoms with Gasteiger partial charge in [0.2, 0.25) is 0 Å². The molecule has 1 aromatic rings. The molecule has 0 heterocycles. The molecule has 39 heavy (non-hydrogen) atoms. The predicted octanol–water partition coefficient (Wildman–Crippen LogP) is 9.31. The Balaban J connectivity index is 0.000000270. The second-order valence-electron chi connectivity index (χ2n) is 14.4. The minimum absolute atomic E-state index is 0.0766. The zero-order valence-corrected chi connectivity index (χ0v) is 26.8. The summed E-state index contributed by atoms with van der Waals surface area (Å²) in [6.45, 7) is 14.4. The van der Waals surface area contributed by atoms with E-state index >= 15 is 0 Å². The van der Waals surface area contributed by atoms with Crippen molar-refractivity contribution in [2.45, 2.75) is 123 Å². The van der Waals surface area contributed by atoms with Gasteiger partial charge < -0.3 is 5.11 Å². The molecule has 3 saturated carbocycles. The van der Waals surface area contributed by atoms with Crippen molar-refractivity contribution in [2.75, 3.05) is 0 Å². The molecule has 0 aliphatic heterocycles. The molecule has 4 aliphatic rings. The lowest BCUT2D eigenvalue weighted by atomic mass is 9.47. The first-order chi connectivity index (χ1) is 18.3. The molecule has 3 fully saturated rings. The quantitative estimate of drug-likeness (QED) is 0.271. The van der Waals surface area contributed by atoms with Gasteiger partial charge in [-0.2, -0.15) is 0 Å². The lowest BCUT2D eigenvalue weighted by Crippen LogP contribution is -2.50. The Morgan fingerprint density at radius 2 is 1.67 bits per heavy atom. The third kappa shape index (κ3) is 6.64. The number of fused-ring (bicyclic) bond motifs is 5. The van der Waals surface area contributed by atoms with Crippen LogP contribution < -0.4 is 0 Å². The summed E-state index contributed by atoms with van der Waals surface area (Å²) in [4.78, 5) is 0.143. The molecule has 1 N–H and O–H groups in total. The van der Waals surface area contributed by atoms with E-state index in [4.69, 9.17) is 10.7 Å². The van der Waals surface area contributed by atoms with Crippen LogP contribution in [0.15, 0.2) is 40.8 Å². The van der Waals surface area contributed by atoms with E-state index < -0.39 is 9.05 Å². The first kappa shape index (κ1) is 31.1. The van der Waals surface area contributed by atoms with Crippen LogP contribution in [0.3, 0.4) is 0 Å². The molecule has 0 amide bonds. The van der Waals surface area contributed by atoms with Crippen LogP contribution in [0.1, 0.15) is 111 Å². The highest BCUT2D eigenvalue weighted by atomic mass is 35.7. The van der Waals surface area contributed by atoms with Crippen LogP contribution >= 0.6 is 10.7 Å². The third-order valence-corrected chi connectivity index (χ3v) is 13.0. The molecule has 220 valence electrons. The number of hydrogen-bond acceptors (Lipinski definition) is 3. The number of aryl methyl sites for hydroxylation is 1. The molecule has 8 atom stereocenters. The van der Waals surface area contributed by atoms with Crippen LogP contribution in [0.2, 0.25) is 0 Å². The summed E-state index contributed by atoms with van der Waals surface area (Å²) in [6.07, 6.45) is 17.2. The molecular formula is C34H53ClO3S. The van der Waals surface area contributed by atoms with Gasteiger partial charge >= 0.3 is 0 Å². The fourth-order valence-corrected chi connectivity index (χ4v) is 10.1. The van der Waals surface area contributed by atoms with Crippen LogP contribution in [-0.2, 0) is 9.05 Å². The van der Waals surface area contributed by atoms with Gasteiger partial charge in [0.05, 0.1) is 11.0 Å². The number of halogens is 1. The van der Waals surface area contributed by atoms with E-state index in [1.54, 1.807) is 17.7 Å². The molecular weight excluding hydrogens is 524 g/mol. The maximum absolute atomic E-state index is 10.7. The van der Waals surface area contributed by atoms with Crippen LogP contribution in [0.5, 0.6) is 0 Å². The van der Waals surface area contributed by atoms with Gasteiger partial charge in [0.25, 0.3) is 9.05 Å². The highest BCUT2D eigenvalue weighted by Gasteiger charge is 2.59. The minimum Gasteiger partial charge on any atom is -0.393 e. The number of aliphatic hydroxyl groups excluding tert-OH is 1. The maximum atomic E-state index is 10.7. The summed E-state index contributed by atoms with van der Waals surface area (Å²) in [5, 5.41) is 10.2. The summed E-state index contributed by atoms with van der Waals surface area (Å²) in [5.74, 6) is 5.46. The van der Waals surface area contributed by atoms with E-state index in [2.05, 4.69) is 40.7 Å². The Kier molecular flexibility index (Phi) is 9.71. The van der Waals surface area contributed by atoms with Crippen molar-refractivity contribution in [1.29, 1.82) is 0 Å². The van der Waals surface area contributed by atoms with E-state index in [-0.39, 0.29) is 11.0 Å². The van der Waals surface area contributed by atoms with Gasteiger partial charge in [-0.05, 0) is 117 Å². The second-order valence-corrected chi connectivity index (χ2v) is 17.0. The predicted molar refractivity (Wildman–Crippen MR) is 163 cm³/mol. The van der Waals surface area contributed by atoms with Crippen molar-refractivity contribution < 1.29 is 13.5 Å². The summed E-state index contributed by atoms with van der Waals surface area (Å²) < 4.78 is 21.4. The molecule has 4 aliphatic carbocycles. The molecule has 0 spiro atoms. The molecule has 1 aromatic carbocycles. The van der Waals surface area contributed by atoms with E-state index in [1.165, 1.54) is 69.9 Å². The van der Waals surface area contributed by atoms with Crippen molar-refractivity contribution in [3.05, 3.63) is 41.5 Å². The average Bonchev–Trinajstić information content (AvgIpc) is 3.21. The molecule has 5 rings (SSSR count). The third-order valence-electron chi connectivity index (χ3n) is 11.6. The van der Waals surface area contributed by atoms with Gasteiger partial charge in [0.1, 0.15) is 0 Å². The van der Waals surface area contributed by atoms with Crippen molar-refractivity contribution in [3.63, 3.8) is 0 Å². The molecule has 5 heteroatoms. The summed E-state index contributed by atoms with van der Waals surface area (Å²) in [7, 11) is 1.54. The number of benzene rings is 1. The zero-order chi connectivity index (χ0) is 28.6. The SMILES string of the molecule is CC(C)CCCC(C)[C@H]1CC[C@H]2[C@@H]3CC=C4C[C@@H](O)CC[C@]4(C)[C@H]3CC[C@]12C.Cc1ccc(S(=O)(=O)Cl)cc1. The average molecular weight is 577 g/mol. The van der Waals surface area contributed by atoms with E-state index in [1.807, 2.05) is 6.92 Å². The van der Waals surface area contributed by atoms with Gasteiger partial charge in [-0.3, -0.25) is 0 Å².